The number of oxime groups is 1. The summed E-state index contributed by atoms with van der Waals surface area (Å²) in [6.07, 6.45) is 11.5. The Balaban J connectivity index is 2.29. The van der Waals surface area contributed by atoms with Gasteiger partial charge in [0.1, 0.15) is 0 Å². The summed E-state index contributed by atoms with van der Waals surface area (Å²) in [6.45, 7) is 2.90. The zero-order valence-corrected chi connectivity index (χ0v) is 13.9. The van der Waals surface area contributed by atoms with E-state index in [4.69, 9.17) is 14.7 Å². The third-order valence-electron chi connectivity index (χ3n) is 3.67. The van der Waals surface area contributed by atoms with Gasteiger partial charge in [0, 0.05) is 5.56 Å². The molecule has 0 aliphatic heterocycles. The Hall–Kier alpha value is -1.71. The van der Waals surface area contributed by atoms with Crippen molar-refractivity contribution < 1.29 is 14.7 Å². The van der Waals surface area contributed by atoms with E-state index in [2.05, 4.69) is 12.1 Å². The highest BCUT2D eigenvalue weighted by atomic mass is 16.5. The van der Waals surface area contributed by atoms with E-state index in [1.54, 1.807) is 7.11 Å². The van der Waals surface area contributed by atoms with Gasteiger partial charge in [0.15, 0.2) is 11.5 Å². The van der Waals surface area contributed by atoms with Crippen molar-refractivity contribution in [3.05, 3.63) is 23.8 Å². The summed E-state index contributed by atoms with van der Waals surface area (Å²) in [5.41, 5.74) is 0.724. The Morgan fingerprint density at radius 2 is 1.73 bits per heavy atom. The monoisotopic (exact) mass is 307 g/mol. The molecule has 22 heavy (non-hydrogen) atoms. The molecular formula is C18H29NO3. The van der Waals surface area contributed by atoms with Gasteiger partial charge in [0.05, 0.1) is 19.9 Å². The molecule has 0 heterocycles. The van der Waals surface area contributed by atoms with Crippen LogP contribution in [0.4, 0.5) is 0 Å². The largest absolute Gasteiger partial charge is 0.493 e. The average molecular weight is 307 g/mol. The van der Waals surface area contributed by atoms with E-state index in [9.17, 15) is 0 Å². The van der Waals surface area contributed by atoms with Crippen LogP contribution < -0.4 is 9.47 Å². The van der Waals surface area contributed by atoms with Gasteiger partial charge in [-0.1, -0.05) is 63.1 Å². The molecule has 0 aromatic heterocycles. The summed E-state index contributed by atoms with van der Waals surface area (Å²) in [7, 11) is 1.61. The molecule has 0 unspecified atom stereocenters. The van der Waals surface area contributed by atoms with E-state index in [0.717, 1.165) is 12.0 Å². The van der Waals surface area contributed by atoms with Crippen molar-refractivity contribution >= 4 is 6.21 Å². The first kappa shape index (κ1) is 18.3. The molecule has 124 valence electrons. The van der Waals surface area contributed by atoms with Crippen molar-refractivity contribution in [3.63, 3.8) is 0 Å². The normalized spacial score (nSPS) is 11.0. The number of hydrogen-bond acceptors (Lipinski definition) is 4. The van der Waals surface area contributed by atoms with Gasteiger partial charge in [-0.3, -0.25) is 0 Å². The first-order valence-electron chi connectivity index (χ1n) is 8.30. The third-order valence-corrected chi connectivity index (χ3v) is 3.67. The molecule has 1 aromatic rings. The number of unbranched alkanes of at least 4 members (excludes halogenated alkanes) is 7. The highest BCUT2D eigenvalue weighted by Crippen LogP contribution is 2.30. The topological polar surface area (TPSA) is 51.0 Å². The fourth-order valence-corrected chi connectivity index (χ4v) is 2.42. The first-order valence-corrected chi connectivity index (χ1v) is 8.30. The second-order valence-corrected chi connectivity index (χ2v) is 5.45. The summed E-state index contributed by atoms with van der Waals surface area (Å²) < 4.78 is 11.1. The van der Waals surface area contributed by atoms with Crippen LogP contribution in [0.3, 0.4) is 0 Å². The summed E-state index contributed by atoms with van der Waals surface area (Å²) in [4.78, 5) is 0. The quantitative estimate of drug-likeness (QED) is 0.255. The lowest BCUT2D eigenvalue weighted by molar-refractivity contribution is 0.283. The number of ether oxygens (including phenoxy) is 2. The zero-order chi connectivity index (χ0) is 16.0. The Labute approximate surface area is 134 Å². The van der Waals surface area contributed by atoms with Crippen molar-refractivity contribution in [1.82, 2.24) is 0 Å². The van der Waals surface area contributed by atoms with Crippen LogP contribution in [0, 0.1) is 0 Å². The molecule has 1 rings (SSSR count). The maximum atomic E-state index is 8.71. The number of methoxy groups -OCH3 is 1. The molecule has 0 saturated carbocycles. The standard InChI is InChI=1S/C18H29NO3/c1-3-4-5-6-7-8-9-10-14-22-18-16(15-19-20)12-11-13-17(18)21-2/h11-13,15,20H,3-10,14H2,1-2H3/b19-15+. The molecule has 1 aromatic carbocycles. The van der Waals surface area contributed by atoms with Gasteiger partial charge in [-0.05, 0) is 18.6 Å². The smallest absolute Gasteiger partial charge is 0.170 e. The highest BCUT2D eigenvalue weighted by molar-refractivity contribution is 5.84. The summed E-state index contributed by atoms with van der Waals surface area (Å²) in [5.74, 6) is 1.31. The van der Waals surface area contributed by atoms with Crippen molar-refractivity contribution in [3.8, 4) is 11.5 Å². The summed E-state index contributed by atoms with van der Waals surface area (Å²) >= 11 is 0. The van der Waals surface area contributed by atoms with Gasteiger partial charge < -0.3 is 14.7 Å². The maximum absolute atomic E-state index is 8.71. The predicted octanol–water partition coefficient (Wildman–Crippen LogP) is 5.02. The predicted molar refractivity (Wildman–Crippen MR) is 90.5 cm³/mol. The highest BCUT2D eigenvalue weighted by Gasteiger charge is 2.09. The first-order chi connectivity index (χ1) is 10.8. The van der Waals surface area contributed by atoms with Crippen LogP contribution >= 0.6 is 0 Å². The van der Waals surface area contributed by atoms with Crippen LogP contribution in [0.2, 0.25) is 0 Å². The van der Waals surface area contributed by atoms with Crippen molar-refractivity contribution in [2.45, 2.75) is 58.3 Å². The van der Waals surface area contributed by atoms with E-state index >= 15 is 0 Å². The molecule has 0 bridgehead atoms. The van der Waals surface area contributed by atoms with E-state index in [1.807, 2.05) is 18.2 Å². The molecule has 0 aliphatic rings. The van der Waals surface area contributed by atoms with Crippen LogP contribution in [-0.2, 0) is 0 Å². The number of hydrogen-bond donors (Lipinski definition) is 1. The molecule has 0 aliphatic carbocycles. The molecular weight excluding hydrogens is 278 g/mol. The lowest BCUT2D eigenvalue weighted by atomic mass is 10.1. The van der Waals surface area contributed by atoms with Crippen LogP contribution in [0.5, 0.6) is 11.5 Å². The van der Waals surface area contributed by atoms with Gasteiger partial charge in [-0.15, -0.1) is 0 Å². The van der Waals surface area contributed by atoms with Gasteiger partial charge in [-0.25, -0.2) is 0 Å². The van der Waals surface area contributed by atoms with Gasteiger partial charge in [0.2, 0.25) is 0 Å². The average Bonchev–Trinajstić information content (AvgIpc) is 2.54. The minimum atomic E-state index is 0.644. The molecule has 0 saturated heterocycles. The van der Waals surface area contributed by atoms with E-state index in [-0.39, 0.29) is 0 Å². The molecule has 0 amide bonds. The van der Waals surface area contributed by atoms with Gasteiger partial charge >= 0.3 is 0 Å². The lowest BCUT2D eigenvalue weighted by Crippen LogP contribution is -2.02. The Morgan fingerprint density at radius 3 is 2.36 bits per heavy atom. The van der Waals surface area contributed by atoms with Crippen molar-refractivity contribution in [2.24, 2.45) is 5.16 Å². The van der Waals surface area contributed by atoms with Crippen molar-refractivity contribution in [2.75, 3.05) is 13.7 Å². The fourth-order valence-electron chi connectivity index (χ4n) is 2.42. The Bertz CT molecular complexity index is 432. The minimum Gasteiger partial charge on any atom is -0.493 e. The summed E-state index contributed by atoms with van der Waals surface area (Å²) in [6, 6.07) is 5.53. The fraction of sp³-hybridized carbons (Fsp3) is 0.611. The minimum absolute atomic E-state index is 0.644. The molecule has 0 spiro atoms. The summed E-state index contributed by atoms with van der Waals surface area (Å²) in [5, 5.41) is 11.8. The van der Waals surface area contributed by atoms with E-state index < -0.39 is 0 Å². The van der Waals surface area contributed by atoms with Crippen LogP contribution in [0.15, 0.2) is 23.4 Å². The molecule has 4 heteroatoms. The number of para-hydroxylation sites is 1. The lowest BCUT2D eigenvalue weighted by Gasteiger charge is -2.12. The number of rotatable bonds is 12. The number of nitrogens with zero attached hydrogens (tertiary/aromatic N) is 1. The molecule has 4 nitrogen and oxygen atoms in total. The molecule has 0 radical (unpaired) electrons. The Morgan fingerprint density at radius 1 is 1.05 bits per heavy atom. The molecule has 0 atom stereocenters. The second-order valence-electron chi connectivity index (χ2n) is 5.45. The SMILES string of the molecule is CCCCCCCCCCOc1c(/C=N/O)cccc1OC. The Kier molecular flexibility index (Phi) is 9.92. The third kappa shape index (κ3) is 6.83. The van der Waals surface area contributed by atoms with Gasteiger partial charge in [0.25, 0.3) is 0 Å². The van der Waals surface area contributed by atoms with Crippen LogP contribution in [0.1, 0.15) is 63.9 Å². The van der Waals surface area contributed by atoms with Crippen LogP contribution in [0.25, 0.3) is 0 Å². The number of benzene rings is 1. The van der Waals surface area contributed by atoms with E-state index in [0.29, 0.717) is 18.1 Å². The molecule has 0 fully saturated rings. The van der Waals surface area contributed by atoms with Gasteiger partial charge in [-0.2, -0.15) is 0 Å². The maximum Gasteiger partial charge on any atom is 0.170 e. The zero-order valence-electron chi connectivity index (χ0n) is 13.9. The van der Waals surface area contributed by atoms with Crippen LogP contribution in [-0.4, -0.2) is 25.1 Å². The molecule has 1 N–H and O–H groups in total. The van der Waals surface area contributed by atoms with Crippen molar-refractivity contribution in [1.29, 1.82) is 0 Å². The van der Waals surface area contributed by atoms with E-state index in [1.165, 1.54) is 51.2 Å². The second kappa shape index (κ2) is 11.9.